The Morgan fingerprint density at radius 3 is 2.61 bits per heavy atom. The van der Waals surface area contributed by atoms with Gasteiger partial charge in [-0.3, -0.25) is 0 Å². The molecule has 1 aromatic carbocycles. The molecule has 172 valence electrons. The summed E-state index contributed by atoms with van der Waals surface area (Å²) in [5, 5.41) is 19.5. The van der Waals surface area contributed by atoms with Gasteiger partial charge in [-0.15, -0.1) is 0 Å². The van der Waals surface area contributed by atoms with Gasteiger partial charge in [0.25, 0.3) is 0 Å². The molecule has 2 aromatic rings. The molecule has 7 nitrogen and oxygen atoms in total. The van der Waals surface area contributed by atoms with Crippen molar-refractivity contribution in [2.24, 2.45) is 5.73 Å². The summed E-state index contributed by atoms with van der Waals surface area (Å²) in [6.07, 6.45) is 7.12. The van der Waals surface area contributed by atoms with Gasteiger partial charge < -0.3 is 25.2 Å². The number of halogens is 1. The van der Waals surface area contributed by atoms with Crippen molar-refractivity contribution in [2.45, 2.75) is 31.1 Å². The number of hydrogen-bond acceptors (Lipinski definition) is 7. The molecule has 0 amide bonds. The molecule has 0 radical (unpaired) electrons. The molecule has 1 unspecified atom stereocenters. The van der Waals surface area contributed by atoms with Crippen molar-refractivity contribution in [2.75, 3.05) is 32.2 Å². The highest BCUT2D eigenvalue weighted by Gasteiger charge is 2.28. The molecule has 0 bridgehead atoms. The number of ether oxygens (including phenoxy) is 2. The van der Waals surface area contributed by atoms with Gasteiger partial charge in [-0.1, -0.05) is 18.2 Å². The van der Waals surface area contributed by atoms with Gasteiger partial charge in [0.15, 0.2) is 5.79 Å². The standard InChI is InChI=1S/C25H27FN4O3/c1-32-21-14-22(30-11-7-19(28)8-12-30)29-24(17-3-4-18(15-27)20(26)13-17)23(21)16-5-9-25(31,33-2)10-6-16/h3-6,9,13-14,19,31H,7-8,10-12,28H2,1-2H3. The van der Waals surface area contributed by atoms with Crippen LogP contribution in [0.3, 0.4) is 0 Å². The first kappa shape index (κ1) is 22.9. The van der Waals surface area contributed by atoms with E-state index in [1.807, 2.05) is 18.2 Å². The van der Waals surface area contributed by atoms with Crippen LogP contribution < -0.4 is 15.4 Å². The predicted octanol–water partition coefficient (Wildman–Crippen LogP) is 3.37. The molecule has 2 aliphatic rings. The lowest BCUT2D eigenvalue weighted by Gasteiger charge is -2.32. The van der Waals surface area contributed by atoms with Gasteiger partial charge in [0, 0.05) is 49.9 Å². The summed E-state index contributed by atoms with van der Waals surface area (Å²) in [5.41, 5.74) is 8.53. The fraction of sp³-hybridized carbons (Fsp3) is 0.360. The number of rotatable bonds is 5. The van der Waals surface area contributed by atoms with Crippen LogP contribution in [0.25, 0.3) is 16.8 Å². The molecular formula is C25H27FN4O3. The summed E-state index contributed by atoms with van der Waals surface area (Å²) in [5.74, 6) is -0.695. The average molecular weight is 451 g/mol. The largest absolute Gasteiger partial charge is 0.496 e. The van der Waals surface area contributed by atoms with Crippen molar-refractivity contribution in [3.05, 3.63) is 59.4 Å². The van der Waals surface area contributed by atoms with Gasteiger partial charge >= 0.3 is 0 Å². The number of nitrogens with zero attached hydrogens (tertiary/aromatic N) is 3. The molecule has 1 saturated heterocycles. The van der Waals surface area contributed by atoms with Gasteiger partial charge in [-0.05, 0) is 36.6 Å². The number of aliphatic hydroxyl groups is 1. The maximum atomic E-state index is 14.6. The molecule has 1 aromatic heterocycles. The van der Waals surface area contributed by atoms with Crippen LogP contribution in [0.2, 0.25) is 0 Å². The molecule has 1 atom stereocenters. The van der Waals surface area contributed by atoms with Crippen LogP contribution in [-0.4, -0.2) is 49.2 Å². The van der Waals surface area contributed by atoms with E-state index in [4.69, 9.17) is 25.5 Å². The van der Waals surface area contributed by atoms with Gasteiger partial charge in [-0.2, -0.15) is 5.26 Å². The Bertz CT molecular complexity index is 1150. The lowest BCUT2D eigenvalue weighted by Crippen LogP contribution is -2.40. The Hall–Kier alpha value is -3.25. The highest BCUT2D eigenvalue weighted by atomic mass is 19.1. The van der Waals surface area contributed by atoms with Crippen molar-refractivity contribution in [3.8, 4) is 23.1 Å². The summed E-state index contributed by atoms with van der Waals surface area (Å²) >= 11 is 0. The van der Waals surface area contributed by atoms with Crippen LogP contribution in [0.1, 0.15) is 30.4 Å². The molecule has 0 spiro atoms. The number of methoxy groups -OCH3 is 2. The normalized spacial score (nSPS) is 21.0. The number of pyridine rings is 1. The Balaban J connectivity index is 1.87. The predicted molar refractivity (Wildman–Crippen MR) is 124 cm³/mol. The van der Waals surface area contributed by atoms with Crippen LogP contribution in [-0.2, 0) is 4.74 Å². The maximum Gasteiger partial charge on any atom is 0.188 e. The average Bonchev–Trinajstić information content (AvgIpc) is 2.84. The second-order valence-corrected chi connectivity index (χ2v) is 8.28. The lowest BCUT2D eigenvalue weighted by molar-refractivity contribution is -0.143. The molecule has 8 heteroatoms. The summed E-state index contributed by atoms with van der Waals surface area (Å²) in [7, 11) is 3.02. The van der Waals surface area contributed by atoms with Crippen LogP contribution in [0.15, 0.2) is 42.5 Å². The quantitative estimate of drug-likeness (QED) is 0.673. The number of anilines is 1. The fourth-order valence-electron chi connectivity index (χ4n) is 4.15. The van der Waals surface area contributed by atoms with Crippen molar-refractivity contribution in [1.82, 2.24) is 4.98 Å². The summed E-state index contributed by atoms with van der Waals surface area (Å²) in [6, 6.07) is 8.35. The highest BCUT2D eigenvalue weighted by molar-refractivity contribution is 5.89. The Morgan fingerprint density at radius 2 is 2.03 bits per heavy atom. The monoisotopic (exact) mass is 450 g/mol. The minimum Gasteiger partial charge on any atom is -0.496 e. The van der Waals surface area contributed by atoms with Crippen molar-refractivity contribution >= 4 is 11.4 Å². The van der Waals surface area contributed by atoms with E-state index < -0.39 is 11.6 Å². The summed E-state index contributed by atoms with van der Waals surface area (Å²) < 4.78 is 25.5. The zero-order valence-electron chi connectivity index (χ0n) is 18.7. The molecular weight excluding hydrogens is 423 g/mol. The van der Waals surface area contributed by atoms with E-state index >= 15 is 0 Å². The van der Waals surface area contributed by atoms with Crippen LogP contribution >= 0.6 is 0 Å². The third-order valence-electron chi connectivity index (χ3n) is 6.20. The molecule has 2 heterocycles. The second-order valence-electron chi connectivity index (χ2n) is 8.28. The van der Waals surface area contributed by atoms with E-state index in [9.17, 15) is 9.50 Å². The number of aromatic nitrogens is 1. The van der Waals surface area contributed by atoms with Crippen molar-refractivity contribution < 1.29 is 19.0 Å². The van der Waals surface area contributed by atoms with Crippen LogP contribution in [0.5, 0.6) is 5.75 Å². The number of piperidine rings is 1. The number of nitriles is 1. The van der Waals surface area contributed by atoms with Gasteiger partial charge in [-0.25, -0.2) is 9.37 Å². The lowest BCUT2D eigenvalue weighted by atomic mass is 9.92. The molecule has 4 rings (SSSR count). The van der Waals surface area contributed by atoms with Crippen LogP contribution in [0, 0.1) is 17.1 Å². The highest BCUT2D eigenvalue weighted by Crippen LogP contribution is 2.41. The summed E-state index contributed by atoms with van der Waals surface area (Å²) in [6.45, 7) is 1.53. The maximum absolute atomic E-state index is 14.6. The van der Waals surface area contributed by atoms with E-state index in [2.05, 4.69) is 4.90 Å². The second kappa shape index (κ2) is 9.32. The molecule has 0 saturated carbocycles. The number of nitrogens with two attached hydrogens (primary N) is 1. The Morgan fingerprint density at radius 1 is 1.27 bits per heavy atom. The molecule has 1 fully saturated rings. The molecule has 1 aliphatic heterocycles. The van der Waals surface area contributed by atoms with Gasteiger partial charge in [0.2, 0.25) is 0 Å². The SMILES string of the molecule is COc1cc(N2CCC(N)CC2)nc(-c2ccc(C#N)c(F)c2)c1C1=CCC(O)(OC)C=C1. The molecule has 1 aliphatic carbocycles. The Labute approximate surface area is 192 Å². The van der Waals surface area contributed by atoms with Crippen molar-refractivity contribution in [3.63, 3.8) is 0 Å². The van der Waals surface area contributed by atoms with E-state index in [1.54, 1.807) is 25.3 Å². The molecule has 33 heavy (non-hydrogen) atoms. The number of hydrogen-bond donors (Lipinski definition) is 2. The minimum absolute atomic E-state index is 0.0321. The van der Waals surface area contributed by atoms with Gasteiger partial charge in [0.05, 0.1) is 18.4 Å². The first-order valence-corrected chi connectivity index (χ1v) is 10.8. The zero-order chi connectivity index (χ0) is 23.6. The van der Waals surface area contributed by atoms with E-state index in [-0.39, 0.29) is 18.0 Å². The van der Waals surface area contributed by atoms with Crippen molar-refractivity contribution in [1.29, 1.82) is 5.26 Å². The van der Waals surface area contributed by atoms with Crippen LogP contribution in [0.4, 0.5) is 10.2 Å². The van der Waals surface area contributed by atoms with E-state index in [1.165, 1.54) is 19.2 Å². The number of allylic oxidation sites excluding steroid dienone is 2. The minimum atomic E-state index is -1.38. The molecule has 3 N–H and O–H groups in total. The first-order chi connectivity index (χ1) is 15.9. The zero-order valence-corrected chi connectivity index (χ0v) is 18.7. The van der Waals surface area contributed by atoms with E-state index in [0.29, 0.717) is 22.6 Å². The Kier molecular flexibility index (Phi) is 6.47. The topological polar surface area (TPSA) is 105 Å². The number of benzene rings is 1. The van der Waals surface area contributed by atoms with E-state index in [0.717, 1.165) is 37.3 Å². The third-order valence-corrected chi connectivity index (χ3v) is 6.20. The smallest absolute Gasteiger partial charge is 0.188 e. The fourth-order valence-corrected chi connectivity index (χ4v) is 4.15. The van der Waals surface area contributed by atoms with Gasteiger partial charge in [0.1, 0.15) is 23.5 Å². The third kappa shape index (κ3) is 4.62. The first-order valence-electron chi connectivity index (χ1n) is 10.8. The summed E-state index contributed by atoms with van der Waals surface area (Å²) in [4.78, 5) is 7.06.